The van der Waals surface area contributed by atoms with E-state index in [2.05, 4.69) is 69.1 Å². The number of carbonyl (C=O) groups is 4. The SMILES string of the molecule is CCOC(=O)N[C@H](C(=O)N1CCC[C@H]1c1nc2ccc3cc(-c4ccc(-c5cnc([C@@H]6C[C@H](COC)CN6C(=O)[C@H](NC(=O)OC)c6ccccc6)[nH]5)cc4)ccc3c2[nH]1)C(C)C. The number of carbonyl (C=O) groups excluding carboxylic acids is 4. The van der Waals surface area contributed by atoms with E-state index in [-0.39, 0.29) is 42.3 Å². The van der Waals surface area contributed by atoms with Crippen molar-refractivity contribution < 1.29 is 33.4 Å². The fourth-order valence-electron chi connectivity index (χ4n) is 9.03. The number of nitrogens with one attached hydrogen (secondary N) is 4. The molecule has 15 nitrogen and oxygen atoms in total. The Labute approximate surface area is 365 Å². The average molecular weight is 855 g/mol. The Morgan fingerprint density at radius 1 is 0.825 bits per heavy atom. The van der Waals surface area contributed by atoms with Gasteiger partial charge in [-0.25, -0.2) is 19.6 Å². The normalized spacial score (nSPS) is 18.5. The number of hydrogen-bond acceptors (Lipinski definition) is 9. The summed E-state index contributed by atoms with van der Waals surface area (Å²) in [6.07, 6.45) is 2.76. The smallest absolute Gasteiger partial charge is 0.407 e. The van der Waals surface area contributed by atoms with Crippen LogP contribution in [-0.2, 0) is 23.8 Å². The lowest BCUT2D eigenvalue weighted by Gasteiger charge is -2.30. The van der Waals surface area contributed by atoms with E-state index in [0.717, 1.165) is 62.9 Å². The molecule has 328 valence electrons. The van der Waals surface area contributed by atoms with Gasteiger partial charge in [-0.15, -0.1) is 0 Å². The van der Waals surface area contributed by atoms with E-state index in [0.29, 0.717) is 37.5 Å². The van der Waals surface area contributed by atoms with Gasteiger partial charge in [-0.1, -0.05) is 86.6 Å². The summed E-state index contributed by atoms with van der Waals surface area (Å²) in [5, 5.41) is 7.57. The molecule has 6 aromatic rings. The number of benzene rings is 4. The molecule has 0 spiro atoms. The number of alkyl carbamates (subject to hydrolysis) is 2. The first kappa shape index (κ1) is 42.9. The molecule has 2 saturated heterocycles. The third-order valence-corrected chi connectivity index (χ3v) is 12.2. The highest BCUT2D eigenvalue weighted by molar-refractivity contribution is 6.05. The first-order valence-corrected chi connectivity index (χ1v) is 21.6. The summed E-state index contributed by atoms with van der Waals surface area (Å²) in [5.74, 6) is 0.965. The third-order valence-electron chi connectivity index (χ3n) is 12.2. The van der Waals surface area contributed by atoms with Crippen LogP contribution in [0.3, 0.4) is 0 Å². The summed E-state index contributed by atoms with van der Waals surface area (Å²) in [6, 6.07) is 25.6. The van der Waals surface area contributed by atoms with Crippen LogP contribution in [0.4, 0.5) is 9.59 Å². The Balaban J connectivity index is 0.996. The lowest BCUT2D eigenvalue weighted by molar-refractivity contribution is -0.136. The maximum Gasteiger partial charge on any atom is 0.407 e. The van der Waals surface area contributed by atoms with Crippen molar-refractivity contribution in [2.75, 3.05) is 40.5 Å². The molecule has 0 saturated carbocycles. The van der Waals surface area contributed by atoms with E-state index in [1.165, 1.54) is 7.11 Å². The molecule has 2 aromatic heterocycles. The summed E-state index contributed by atoms with van der Waals surface area (Å²) in [5.41, 5.74) is 6.25. The fraction of sp³-hybridized carbons (Fsp3) is 0.375. The summed E-state index contributed by atoms with van der Waals surface area (Å²) >= 11 is 0. The van der Waals surface area contributed by atoms with Crippen LogP contribution in [0.1, 0.15) is 75.4 Å². The Hall–Kier alpha value is -6.74. The average Bonchev–Trinajstić information content (AvgIpc) is 4.14. The predicted molar refractivity (Wildman–Crippen MR) is 238 cm³/mol. The van der Waals surface area contributed by atoms with Crippen LogP contribution in [-0.4, -0.2) is 100 Å². The van der Waals surface area contributed by atoms with Gasteiger partial charge in [0.15, 0.2) is 0 Å². The van der Waals surface area contributed by atoms with Crippen molar-refractivity contribution in [1.29, 1.82) is 0 Å². The zero-order valence-electron chi connectivity index (χ0n) is 36.2. The van der Waals surface area contributed by atoms with E-state index in [1.807, 2.05) is 55.1 Å². The first-order chi connectivity index (χ1) is 30.6. The molecular weight excluding hydrogens is 801 g/mol. The highest BCUT2D eigenvalue weighted by Crippen LogP contribution is 2.38. The van der Waals surface area contributed by atoms with Gasteiger partial charge in [0, 0.05) is 31.5 Å². The van der Waals surface area contributed by atoms with Gasteiger partial charge >= 0.3 is 12.2 Å². The largest absolute Gasteiger partial charge is 0.453 e. The van der Waals surface area contributed by atoms with Gasteiger partial charge < -0.3 is 44.6 Å². The number of fused-ring (bicyclic) bond motifs is 3. The van der Waals surface area contributed by atoms with Crippen molar-refractivity contribution in [3.05, 3.63) is 108 Å². The molecule has 15 heteroatoms. The number of ether oxygens (including phenoxy) is 3. The topological polar surface area (TPSA) is 184 Å². The molecule has 4 amide bonds. The quantitative estimate of drug-likeness (QED) is 0.0899. The number of aromatic amines is 2. The van der Waals surface area contributed by atoms with Gasteiger partial charge in [-0.2, -0.15) is 0 Å². The molecule has 4 N–H and O–H groups in total. The third kappa shape index (κ3) is 8.96. The van der Waals surface area contributed by atoms with Crippen molar-refractivity contribution >= 4 is 45.8 Å². The number of H-pyrrole nitrogens is 2. The fourth-order valence-corrected chi connectivity index (χ4v) is 9.03. The molecule has 2 fully saturated rings. The van der Waals surface area contributed by atoms with Gasteiger partial charge in [-0.3, -0.25) is 9.59 Å². The van der Waals surface area contributed by atoms with E-state index in [4.69, 9.17) is 24.2 Å². The first-order valence-electron chi connectivity index (χ1n) is 21.6. The van der Waals surface area contributed by atoms with Crippen LogP contribution in [0.15, 0.2) is 91.1 Å². The van der Waals surface area contributed by atoms with Gasteiger partial charge in [0.05, 0.1) is 55.3 Å². The van der Waals surface area contributed by atoms with Gasteiger partial charge in [0.2, 0.25) is 5.91 Å². The Kier molecular flexibility index (Phi) is 12.7. The van der Waals surface area contributed by atoms with Crippen molar-refractivity contribution in [3.63, 3.8) is 0 Å². The van der Waals surface area contributed by atoms with Gasteiger partial charge in [0.1, 0.15) is 23.7 Å². The molecule has 5 atom stereocenters. The maximum absolute atomic E-state index is 14.2. The van der Waals surface area contributed by atoms with Crippen LogP contribution in [0.25, 0.3) is 44.2 Å². The Bertz CT molecular complexity index is 2590. The monoisotopic (exact) mass is 854 g/mol. The number of likely N-dealkylation sites (tertiary alicyclic amines) is 2. The summed E-state index contributed by atoms with van der Waals surface area (Å²) in [7, 11) is 2.93. The van der Waals surface area contributed by atoms with E-state index >= 15 is 0 Å². The standard InChI is InChI=1S/C48H54N8O7/c1-6-63-48(60)53-40(28(2)3)45(57)55-22-10-13-38(55)44-50-36-21-19-34-24-33(18-20-35(34)42(36)52-44)30-14-16-31(17-15-30)37-25-49-43(51-37)39-23-29(27-61-4)26-56(39)46(58)41(54-47(59)62-5)32-11-8-7-9-12-32/h7-9,11-12,14-21,24-25,28-29,38-41H,6,10,13,22-23,26-27H2,1-5H3,(H,49,51)(H,50,52)(H,53,60)(H,54,59)/t29-,38-,39-,40-,41+/m0/s1. The summed E-state index contributed by atoms with van der Waals surface area (Å²) in [6.45, 7) is 7.31. The second-order valence-electron chi connectivity index (χ2n) is 16.6. The van der Waals surface area contributed by atoms with Crippen molar-refractivity contribution in [1.82, 2.24) is 40.4 Å². The van der Waals surface area contributed by atoms with Gasteiger partial charge in [0.25, 0.3) is 5.91 Å². The lowest BCUT2D eigenvalue weighted by atomic mass is 9.99. The number of rotatable bonds is 13. The molecule has 0 bridgehead atoms. The number of methoxy groups -OCH3 is 2. The molecular formula is C48H54N8O7. The Morgan fingerprint density at radius 2 is 1.59 bits per heavy atom. The molecule has 2 aliphatic heterocycles. The molecule has 8 rings (SSSR count). The number of imidazole rings is 2. The van der Waals surface area contributed by atoms with E-state index < -0.39 is 24.3 Å². The minimum absolute atomic E-state index is 0.0821. The van der Waals surface area contributed by atoms with Gasteiger partial charge in [-0.05, 0) is 71.9 Å². The van der Waals surface area contributed by atoms with E-state index in [1.54, 1.807) is 25.1 Å². The number of nitrogens with zero attached hydrogens (tertiary/aromatic N) is 4. The van der Waals surface area contributed by atoms with Crippen LogP contribution in [0.5, 0.6) is 0 Å². The number of amides is 4. The zero-order chi connectivity index (χ0) is 44.2. The van der Waals surface area contributed by atoms with E-state index in [9.17, 15) is 19.2 Å². The molecule has 4 aromatic carbocycles. The van der Waals surface area contributed by atoms with Crippen LogP contribution >= 0.6 is 0 Å². The van der Waals surface area contributed by atoms with Crippen molar-refractivity contribution in [2.24, 2.45) is 11.8 Å². The highest BCUT2D eigenvalue weighted by Gasteiger charge is 2.41. The predicted octanol–water partition coefficient (Wildman–Crippen LogP) is 7.84. The van der Waals surface area contributed by atoms with Crippen LogP contribution < -0.4 is 10.6 Å². The highest BCUT2D eigenvalue weighted by atomic mass is 16.5. The minimum atomic E-state index is -0.936. The number of aromatic nitrogens is 4. The number of hydrogen-bond donors (Lipinski definition) is 4. The van der Waals surface area contributed by atoms with Crippen molar-refractivity contribution in [2.45, 2.75) is 64.2 Å². The van der Waals surface area contributed by atoms with Crippen molar-refractivity contribution in [3.8, 4) is 22.4 Å². The minimum Gasteiger partial charge on any atom is -0.453 e. The molecule has 0 radical (unpaired) electrons. The molecule has 2 aliphatic rings. The molecule has 0 aliphatic carbocycles. The molecule has 0 unspecified atom stereocenters. The lowest BCUT2D eigenvalue weighted by Crippen LogP contribution is -2.51. The molecule has 63 heavy (non-hydrogen) atoms. The zero-order valence-corrected chi connectivity index (χ0v) is 36.2. The molecule has 4 heterocycles. The Morgan fingerprint density at radius 3 is 2.32 bits per heavy atom. The summed E-state index contributed by atoms with van der Waals surface area (Å²) < 4.78 is 15.5. The maximum atomic E-state index is 14.2. The van der Waals surface area contributed by atoms with Crippen LogP contribution in [0.2, 0.25) is 0 Å². The second kappa shape index (κ2) is 18.7. The summed E-state index contributed by atoms with van der Waals surface area (Å²) in [4.78, 5) is 73.1. The van der Waals surface area contributed by atoms with Crippen LogP contribution in [0, 0.1) is 11.8 Å². The second-order valence-corrected chi connectivity index (χ2v) is 16.6.